The first kappa shape index (κ1) is 15.2. The van der Waals surface area contributed by atoms with Crippen LogP contribution in [0.3, 0.4) is 0 Å². The lowest BCUT2D eigenvalue weighted by atomic mass is 10.1. The van der Waals surface area contributed by atoms with Crippen molar-refractivity contribution in [1.29, 1.82) is 5.26 Å². The number of nitrogen functional groups attached to an aromatic ring is 1. The van der Waals surface area contributed by atoms with E-state index in [0.717, 1.165) is 4.47 Å². The Morgan fingerprint density at radius 1 is 1.35 bits per heavy atom. The van der Waals surface area contributed by atoms with Crippen molar-refractivity contribution in [2.75, 3.05) is 5.73 Å². The molecule has 2 N–H and O–H groups in total. The topological polar surface area (TPSA) is 67.6 Å². The number of hydrogen-bond donors (Lipinski definition) is 1. The number of anilines is 1. The van der Waals surface area contributed by atoms with Gasteiger partial charge in [0, 0.05) is 4.47 Å². The number of rotatable bonds is 2. The quantitative estimate of drug-likeness (QED) is 0.841. The van der Waals surface area contributed by atoms with Crippen LogP contribution in [0.5, 0.6) is 0 Å². The highest BCUT2D eigenvalue weighted by Crippen LogP contribution is 2.35. The number of benzene rings is 1. The molecule has 0 aliphatic heterocycles. The maximum atomic E-state index is 9.23. The molecule has 0 bridgehead atoms. The lowest BCUT2D eigenvalue weighted by molar-refractivity contribution is 0.770. The molecule has 0 saturated heterocycles. The fourth-order valence-corrected chi connectivity index (χ4v) is 3.24. The third-order valence-corrected chi connectivity index (χ3v) is 3.83. The Morgan fingerprint density at radius 3 is 2.30 bits per heavy atom. The van der Waals surface area contributed by atoms with Gasteiger partial charge in [0.1, 0.15) is 23.1 Å². The van der Waals surface area contributed by atoms with Gasteiger partial charge in [-0.15, -0.1) is 0 Å². The molecule has 104 valence electrons. The minimum Gasteiger partial charge on any atom is -0.382 e. The summed E-state index contributed by atoms with van der Waals surface area (Å²) in [4.78, 5) is 0. The van der Waals surface area contributed by atoms with E-state index in [0.29, 0.717) is 27.0 Å². The lowest BCUT2D eigenvalue weighted by Crippen LogP contribution is -2.04. The van der Waals surface area contributed by atoms with E-state index >= 15 is 0 Å². The first-order chi connectivity index (χ1) is 9.36. The Labute approximate surface area is 135 Å². The third kappa shape index (κ3) is 2.51. The molecule has 0 aliphatic rings. The van der Waals surface area contributed by atoms with Crippen LogP contribution < -0.4 is 5.73 Å². The summed E-state index contributed by atoms with van der Waals surface area (Å²) in [6, 6.07) is 5.48. The number of hydrogen-bond acceptors (Lipinski definition) is 3. The summed E-state index contributed by atoms with van der Waals surface area (Å²) in [6.45, 7) is 3.88. The molecule has 20 heavy (non-hydrogen) atoms. The van der Waals surface area contributed by atoms with Gasteiger partial charge in [-0.05, 0) is 18.1 Å². The molecular formula is C13H11BrCl2N4. The van der Waals surface area contributed by atoms with E-state index in [9.17, 15) is 5.26 Å². The fraction of sp³-hybridized carbons (Fsp3) is 0.231. The molecule has 1 heterocycles. The van der Waals surface area contributed by atoms with Crippen molar-refractivity contribution < 1.29 is 0 Å². The SMILES string of the molecule is CC(C)c1nn(-c2c(Cl)cc(Br)cc2Cl)c(N)c1C#N. The van der Waals surface area contributed by atoms with Crippen LogP contribution in [0.1, 0.15) is 31.0 Å². The molecule has 0 atom stereocenters. The molecule has 0 unspecified atom stereocenters. The molecular weight excluding hydrogens is 363 g/mol. The van der Waals surface area contributed by atoms with E-state index in [4.69, 9.17) is 28.9 Å². The predicted molar refractivity (Wildman–Crippen MR) is 84.5 cm³/mol. The van der Waals surface area contributed by atoms with Crippen LogP contribution in [0.25, 0.3) is 5.69 Å². The predicted octanol–water partition coefficient (Wildman–Crippen LogP) is 4.52. The van der Waals surface area contributed by atoms with Gasteiger partial charge in [0.05, 0.1) is 15.7 Å². The van der Waals surface area contributed by atoms with E-state index in [1.807, 2.05) is 13.8 Å². The fourth-order valence-electron chi connectivity index (χ4n) is 1.87. The smallest absolute Gasteiger partial charge is 0.145 e. The summed E-state index contributed by atoms with van der Waals surface area (Å²) in [5.74, 6) is 0.309. The summed E-state index contributed by atoms with van der Waals surface area (Å²) in [5, 5.41) is 14.4. The molecule has 0 amide bonds. The molecule has 2 aromatic rings. The van der Waals surface area contributed by atoms with Gasteiger partial charge in [0.25, 0.3) is 0 Å². The third-order valence-electron chi connectivity index (χ3n) is 2.80. The monoisotopic (exact) mass is 372 g/mol. The summed E-state index contributed by atoms with van der Waals surface area (Å²) in [5.41, 5.74) is 7.46. The largest absolute Gasteiger partial charge is 0.382 e. The first-order valence-electron chi connectivity index (χ1n) is 5.80. The molecule has 4 nitrogen and oxygen atoms in total. The Hall–Kier alpha value is -1.22. The average molecular weight is 374 g/mol. The zero-order valence-corrected chi connectivity index (χ0v) is 13.9. The van der Waals surface area contributed by atoms with E-state index < -0.39 is 0 Å². The van der Waals surface area contributed by atoms with Crippen molar-refractivity contribution in [3.63, 3.8) is 0 Å². The van der Waals surface area contributed by atoms with E-state index in [-0.39, 0.29) is 11.7 Å². The van der Waals surface area contributed by atoms with Crippen molar-refractivity contribution >= 4 is 44.9 Å². The van der Waals surface area contributed by atoms with Gasteiger partial charge in [-0.3, -0.25) is 0 Å². The minimum atomic E-state index is 0.0706. The van der Waals surface area contributed by atoms with Crippen LogP contribution >= 0.6 is 39.1 Å². The van der Waals surface area contributed by atoms with Gasteiger partial charge in [0.2, 0.25) is 0 Å². The standard InChI is InChI=1S/C13H11BrCl2N4/c1-6(2)11-8(5-17)13(18)20(19-11)12-9(15)3-7(14)4-10(12)16/h3-4,6H,18H2,1-2H3. The van der Waals surface area contributed by atoms with Crippen LogP contribution in [0, 0.1) is 11.3 Å². The number of nitrogens with two attached hydrogens (primary N) is 1. The van der Waals surface area contributed by atoms with Crippen molar-refractivity contribution in [1.82, 2.24) is 9.78 Å². The zero-order valence-electron chi connectivity index (χ0n) is 10.8. The van der Waals surface area contributed by atoms with Gasteiger partial charge in [-0.1, -0.05) is 53.0 Å². The molecule has 0 fully saturated rings. The summed E-state index contributed by atoms with van der Waals surface area (Å²) in [6.07, 6.45) is 0. The summed E-state index contributed by atoms with van der Waals surface area (Å²) >= 11 is 15.7. The molecule has 0 radical (unpaired) electrons. The highest BCUT2D eigenvalue weighted by molar-refractivity contribution is 9.10. The van der Waals surface area contributed by atoms with Crippen LogP contribution in [0.4, 0.5) is 5.82 Å². The number of nitrogens with zero attached hydrogens (tertiary/aromatic N) is 3. The Bertz CT molecular complexity index is 693. The molecule has 1 aromatic carbocycles. The lowest BCUT2D eigenvalue weighted by Gasteiger charge is -2.09. The van der Waals surface area contributed by atoms with Gasteiger partial charge < -0.3 is 5.73 Å². The summed E-state index contributed by atoms with van der Waals surface area (Å²) < 4.78 is 2.18. The van der Waals surface area contributed by atoms with E-state index in [1.165, 1.54) is 4.68 Å². The highest BCUT2D eigenvalue weighted by atomic mass is 79.9. The molecule has 1 aromatic heterocycles. The Morgan fingerprint density at radius 2 is 1.90 bits per heavy atom. The normalized spacial score (nSPS) is 10.8. The maximum absolute atomic E-state index is 9.23. The minimum absolute atomic E-state index is 0.0706. The van der Waals surface area contributed by atoms with E-state index in [2.05, 4.69) is 27.1 Å². The second kappa shape index (κ2) is 5.65. The van der Waals surface area contributed by atoms with Gasteiger partial charge in [-0.2, -0.15) is 10.4 Å². The molecule has 0 spiro atoms. The highest BCUT2D eigenvalue weighted by Gasteiger charge is 2.21. The Balaban J connectivity index is 2.75. The first-order valence-corrected chi connectivity index (χ1v) is 7.35. The molecule has 2 rings (SSSR count). The number of aromatic nitrogens is 2. The maximum Gasteiger partial charge on any atom is 0.145 e. The van der Waals surface area contributed by atoms with Crippen molar-refractivity contribution in [2.24, 2.45) is 0 Å². The zero-order chi connectivity index (χ0) is 15.0. The van der Waals surface area contributed by atoms with Gasteiger partial charge in [-0.25, -0.2) is 4.68 Å². The van der Waals surface area contributed by atoms with Gasteiger partial charge >= 0.3 is 0 Å². The molecule has 7 heteroatoms. The second-order valence-electron chi connectivity index (χ2n) is 4.54. The van der Waals surface area contributed by atoms with Crippen molar-refractivity contribution in [3.05, 3.63) is 37.9 Å². The Kier molecular flexibility index (Phi) is 4.28. The average Bonchev–Trinajstić information content (AvgIpc) is 2.65. The van der Waals surface area contributed by atoms with Gasteiger partial charge in [0.15, 0.2) is 0 Å². The van der Waals surface area contributed by atoms with Crippen LogP contribution in [0.15, 0.2) is 16.6 Å². The number of nitriles is 1. The van der Waals surface area contributed by atoms with Crippen LogP contribution in [-0.4, -0.2) is 9.78 Å². The van der Waals surface area contributed by atoms with Crippen molar-refractivity contribution in [3.8, 4) is 11.8 Å². The molecule has 0 saturated carbocycles. The molecule has 0 aliphatic carbocycles. The summed E-state index contributed by atoms with van der Waals surface area (Å²) in [7, 11) is 0. The number of halogens is 3. The van der Waals surface area contributed by atoms with Crippen LogP contribution in [0.2, 0.25) is 10.0 Å². The van der Waals surface area contributed by atoms with E-state index in [1.54, 1.807) is 12.1 Å². The van der Waals surface area contributed by atoms with Crippen LogP contribution in [-0.2, 0) is 0 Å². The van der Waals surface area contributed by atoms with Crippen molar-refractivity contribution in [2.45, 2.75) is 19.8 Å². The second-order valence-corrected chi connectivity index (χ2v) is 6.27.